The van der Waals surface area contributed by atoms with E-state index in [4.69, 9.17) is 4.74 Å². The molecule has 1 fully saturated rings. The molecule has 0 saturated carbocycles. The molecule has 0 aromatic carbocycles. The Kier molecular flexibility index (Phi) is 3.49. The molecule has 1 N–H and O–H groups in total. The molecule has 0 spiro atoms. The topological polar surface area (TPSA) is 84.0 Å². The lowest BCUT2D eigenvalue weighted by atomic mass is 9.99. The second kappa shape index (κ2) is 5.44. The highest BCUT2D eigenvalue weighted by atomic mass is 16.5. The minimum absolute atomic E-state index is 0.123. The number of carbonyl (C=O) groups excluding carboxylic acids is 1. The summed E-state index contributed by atoms with van der Waals surface area (Å²) in [4.78, 5) is 29.5. The van der Waals surface area contributed by atoms with Crippen LogP contribution in [0.3, 0.4) is 0 Å². The van der Waals surface area contributed by atoms with Gasteiger partial charge in [0.05, 0.1) is 19.9 Å². The molecule has 0 amide bonds. The molecule has 7 heteroatoms. The van der Waals surface area contributed by atoms with E-state index in [9.17, 15) is 4.79 Å². The molecular formula is C13H17N5O2. The molecule has 2 aromatic rings. The number of carbonyl (C=O) groups is 1. The number of ether oxygens (including phenoxy) is 1. The SMILES string of the molecule is COC(=O)CC1CCCCN1c1ncnc2nc[nH]c12. The van der Waals surface area contributed by atoms with Crippen LogP contribution >= 0.6 is 0 Å². The van der Waals surface area contributed by atoms with E-state index in [1.165, 1.54) is 13.4 Å². The Morgan fingerprint density at radius 2 is 2.35 bits per heavy atom. The Morgan fingerprint density at radius 3 is 3.20 bits per heavy atom. The number of esters is 1. The molecule has 0 radical (unpaired) electrons. The van der Waals surface area contributed by atoms with Crippen LogP contribution in [-0.2, 0) is 9.53 Å². The molecule has 106 valence electrons. The smallest absolute Gasteiger partial charge is 0.307 e. The van der Waals surface area contributed by atoms with E-state index in [-0.39, 0.29) is 12.0 Å². The van der Waals surface area contributed by atoms with E-state index in [0.717, 1.165) is 37.1 Å². The zero-order valence-corrected chi connectivity index (χ0v) is 11.4. The number of nitrogens with zero attached hydrogens (tertiary/aromatic N) is 4. The van der Waals surface area contributed by atoms with Crippen LogP contribution in [0.1, 0.15) is 25.7 Å². The largest absolute Gasteiger partial charge is 0.469 e. The molecule has 3 rings (SSSR count). The quantitative estimate of drug-likeness (QED) is 0.849. The molecule has 2 aromatic heterocycles. The van der Waals surface area contributed by atoms with Crippen molar-refractivity contribution in [3.8, 4) is 0 Å². The maximum Gasteiger partial charge on any atom is 0.307 e. The normalized spacial score (nSPS) is 19.2. The molecular weight excluding hydrogens is 258 g/mol. The number of fused-ring (bicyclic) bond motifs is 1. The third-order valence-electron chi connectivity index (χ3n) is 3.73. The second-order valence-electron chi connectivity index (χ2n) is 4.92. The number of H-pyrrole nitrogens is 1. The Bertz CT molecular complexity index is 612. The molecule has 7 nitrogen and oxygen atoms in total. The van der Waals surface area contributed by atoms with E-state index in [1.54, 1.807) is 6.33 Å². The second-order valence-corrected chi connectivity index (χ2v) is 4.92. The van der Waals surface area contributed by atoms with Gasteiger partial charge < -0.3 is 14.6 Å². The van der Waals surface area contributed by atoms with Gasteiger partial charge in [0, 0.05) is 12.6 Å². The summed E-state index contributed by atoms with van der Waals surface area (Å²) in [7, 11) is 1.42. The zero-order valence-electron chi connectivity index (χ0n) is 11.4. The number of hydrogen-bond donors (Lipinski definition) is 1. The van der Waals surface area contributed by atoms with Crippen molar-refractivity contribution in [2.45, 2.75) is 31.7 Å². The Hall–Kier alpha value is -2.18. The summed E-state index contributed by atoms with van der Waals surface area (Å²) < 4.78 is 4.79. The monoisotopic (exact) mass is 275 g/mol. The van der Waals surface area contributed by atoms with Crippen molar-refractivity contribution in [1.29, 1.82) is 0 Å². The summed E-state index contributed by atoms with van der Waals surface area (Å²) >= 11 is 0. The van der Waals surface area contributed by atoms with Gasteiger partial charge in [0.2, 0.25) is 0 Å². The molecule has 1 atom stereocenters. The fourth-order valence-corrected chi connectivity index (χ4v) is 2.74. The van der Waals surface area contributed by atoms with Crippen molar-refractivity contribution in [3.05, 3.63) is 12.7 Å². The number of imidazole rings is 1. The van der Waals surface area contributed by atoms with Crippen LogP contribution in [0.4, 0.5) is 5.82 Å². The average molecular weight is 275 g/mol. The number of hydrogen-bond acceptors (Lipinski definition) is 6. The molecule has 3 heterocycles. The Labute approximate surface area is 116 Å². The van der Waals surface area contributed by atoms with E-state index >= 15 is 0 Å². The summed E-state index contributed by atoms with van der Waals surface area (Å²) in [6.07, 6.45) is 6.70. The van der Waals surface area contributed by atoms with Crippen LogP contribution < -0.4 is 4.90 Å². The van der Waals surface area contributed by atoms with Crippen LogP contribution in [0.5, 0.6) is 0 Å². The fraction of sp³-hybridized carbons (Fsp3) is 0.538. The molecule has 0 aliphatic carbocycles. The molecule has 0 bridgehead atoms. The van der Waals surface area contributed by atoms with E-state index in [0.29, 0.717) is 12.1 Å². The lowest BCUT2D eigenvalue weighted by molar-refractivity contribution is -0.141. The fourth-order valence-electron chi connectivity index (χ4n) is 2.74. The number of aromatic nitrogens is 4. The van der Waals surface area contributed by atoms with Crippen molar-refractivity contribution in [2.75, 3.05) is 18.6 Å². The van der Waals surface area contributed by atoms with Gasteiger partial charge >= 0.3 is 5.97 Å². The Morgan fingerprint density at radius 1 is 1.45 bits per heavy atom. The number of aromatic amines is 1. The molecule has 1 unspecified atom stereocenters. The van der Waals surface area contributed by atoms with Gasteiger partial charge in [0.1, 0.15) is 11.8 Å². The van der Waals surface area contributed by atoms with Gasteiger partial charge in [-0.1, -0.05) is 0 Å². The van der Waals surface area contributed by atoms with Crippen LogP contribution in [0.15, 0.2) is 12.7 Å². The molecule has 1 aliphatic heterocycles. The van der Waals surface area contributed by atoms with Gasteiger partial charge in [0.25, 0.3) is 0 Å². The van der Waals surface area contributed by atoms with Crippen LogP contribution in [0, 0.1) is 0 Å². The third kappa shape index (κ3) is 2.31. The summed E-state index contributed by atoms with van der Waals surface area (Å²) in [5, 5.41) is 0. The van der Waals surface area contributed by atoms with Gasteiger partial charge in [-0.15, -0.1) is 0 Å². The van der Waals surface area contributed by atoms with Crippen molar-refractivity contribution >= 4 is 23.0 Å². The zero-order chi connectivity index (χ0) is 13.9. The molecule has 1 aliphatic rings. The number of nitrogens with one attached hydrogen (secondary N) is 1. The van der Waals surface area contributed by atoms with Gasteiger partial charge in [0.15, 0.2) is 11.5 Å². The van der Waals surface area contributed by atoms with Gasteiger partial charge in [-0.2, -0.15) is 0 Å². The number of methoxy groups -OCH3 is 1. The predicted octanol–water partition coefficient (Wildman–Crippen LogP) is 1.27. The molecule has 20 heavy (non-hydrogen) atoms. The highest BCUT2D eigenvalue weighted by Crippen LogP contribution is 2.28. The Balaban J connectivity index is 1.93. The standard InChI is InChI=1S/C13H17N5O2/c1-20-10(19)6-9-4-2-3-5-18(9)13-11-12(15-7-14-11)16-8-17-13/h7-9H,2-6H2,1H3,(H,14,15,16,17). The highest BCUT2D eigenvalue weighted by Gasteiger charge is 2.27. The first-order valence-corrected chi connectivity index (χ1v) is 6.77. The third-order valence-corrected chi connectivity index (χ3v) is 3.73. The number of anilines is 1. The first-order chi connectivity index (χ1) is 9.79. The summed E-state index contributed by atoms with van der Waals surface area (Å²) in [5.74, 6) is 0.637. The minimum Gasteiger partial charge on any atom is -0.469 e. The minimum atomic E-state index is -0.184. The maximum atomic E-state index is 11.6. The van der Waals surface area contributed by atoms with Crippen LogP contribution in [0.25, 0.3) is 11.2 Å². The van der Waals surface area contributed by atoms with Crippen molar-refractivity contribution in [1.82, 2.24) is 19.9 Å². The maximum absolute atomic E-state index is 11.6. The van der Waals surface area contributed by atoms with Gasteiger partial charge in [-0.25, -0.2) is 15.0 Å². The van der Waals surface area contributed by atoms with E-state index < -0.39 is 0 Å². The van der Waals surface area contributed by atoms with Crippen molar-refractivity contribution in [3.63, 3.8) is 0 Å². The predicted molar refractivity (Wildman–Crippen MR) is 73.3 cm³/mol. The lowest BCUT2D eigenvalue weighted by Gasteiger charge is -2.36. The molecule has 1 saturated heterocycles. The number of rotatable bonds is 3. The summed E-state index contributed by atoms with van der Waals surface area (Å²) in [6.45, 7) is 0.882. The summed E-state index contributed by atoms with van der Waals surface area (Å²) in [6, 6.07) is 0.123. The van der Waals surface area contributed by atoms with Crippen molar-refractivity contribution in [2.24, 2.45) is 0 Å². The first-order valence-electron chi connectivity index (χ1n) is 6.77. The van der Waals surface area contributed by atoms with Crippen LogP contribution in [0.2, 0.25) is 0 Å². The first kappa shape index (κ1) is 12.8. The summed E-state index contributed by atoms with van der Waals surface area (Å²) in [5.41, 5.74) is 1.47. The van der Waals surface area contributed by atoms with E-state index in [2.05, 4.69) is 24.8 Å². The van der Waals surface area contributed by atoms with Gasteiger partial charge in [-0.3, -0.25) is 4.79 Å². The van der Waals surface area contributed by atoms with Gasteiger partial charge in [-0.05, 0) is 19.3 Å². The highest BCUT2D eigenvalue weighted by molar-refractivity contribution is 5.83. The van der Waals surface area contributed by atoms with Crippen molar-refractivity contribution < 1.29 is 9.53 Å². The van der Waals surface area contributed by atoms with E-state index in [1.807, 2.05) is 0 Å². The lowest BCUT2D eigenvalue weighted by Crippen LogP contribution is -2.41. The van der Waals surface area contributed by atoms with Crippen LogP contribution in [-0.4, -0.2) is 45.6 Å². The number of piperidine rings is 1. The average Bonchev–Trinajstić information content (AvgIpc) is 2.96.